The van der Waals surface area contributed by atoms with Crippen molar-refractivity contribution in [2.24, 2.45) is 0 Å². The molecule has 0 aliphatic carbocycles. The predicted octanol–water partition coefficient (Wildman–Crippen LogP) is 2.69. The lowest BCUT2D eigenvalue weighted by molar-refractivity contribution is 0.119. The van der Waals surface area contributed by atoms with Crippen molar-refractivity contribution in [2.75, 3.05) is 25.4 Å². The summed E-state index contributed by atoms with van der Waals surface area (Å²) in [5.41, 5.74) is 7.96. The Labute approximate surface area is 110 Å². The fraction of sp³-hybridized carbons (Fsp3) is 0.600. The van der Waals surface area contributed by atoms with Crippen LogP contribution in [-0.4, -0.2) is 30.6 Å². The van der Waals surface area contributed by atoms with E-state index < -0.39 is 0 Å². The van der Waals surface area contributed by atoms with E-state index in [4.69, 9.17) is 10.5 Å². The summed E-state index contributed by atoms with van der Waals surface area (Å²) in [5.74, 6) is 0.904. The van der Waals surface area contributed by atoms with Crippen LogP contribution >= 0.6 is 0 Å². The van der Waals surface area contributed by atoms with Crippen molar-refractivity contribution >= 4 is 5.69 Å². The molecule has 1 heterocycles. The van der Waals surface area contributed by atoms with Gasteiger partial charge in [-0.25, -0.2) is 0 Å². The molecule has 3 heteroatoms. The van der Waals surface area contributed by atoms with Crippen LogP contribution in [0.25, 0.3) is 0 Å². The Morgan fingerprint density at radius 3 is 2.67 bits per heavy atom. The van der Waals surface area contributed by atoms with E-state index in [1.807, 2.05) is 12.1 Å². The molecule has 1 aromatic rings. The Morgan fingerprint density at radius 1 is 1.28 bits per heavy atom. The van der Waals surface area contributed by atoms with Gasteiger partial charge in [0.1, 0.15) is 12.4 Å². The Morgan fingerprint density at radius 2 is 2.00 bits per heavy atom. The number of nitrogens with zero attached hydrogens (tertiary/aromatic N) is 1. The van der Waals surface area contributed by atoms with E-state index in [-0.39, 0.29) is 0 Å². The van der Waals surface area contributed by atoms with Crippen LogP contribution in [0.15, 0.2) is 18.2 Å². The Kier molecular flexibility index (Phi) is 4.48. The number of ether oxygens (including phenoxy) is 1. The summed E-state index contributed by atoms with van der Waals surface area (Å²) < 4.78 is 5.87. The highest BCUT2D eigenvalue weighted by Gasteiger charge is 2.25. The minimum atomic E-state index is 0.499. The van der Waals surface area contributed by atoms with E-state index in [0.29, 0.717) is 6.04 Å². The van der Waals surface area contributed by atoms with Gasteiger partial charge in [-0.15, -0.1) is 0 Å². The average Bonchev–Trinajstić information content (AvgIpc) is 2.38. The second-order valence-corrected chi connectivity index (χ2v) is 5.04. The first-order valence-corrected chi connectivity index (χ1v) is 7.00. The molecule has 0 saturated heterocycles. The zero-order chi connectivity index (χ0) is 13.0. The molecule has 2 rings (SSSR count). The molecular formula is C15H24N2O. The van der Waals surface area contributed by atoms with Crippen molar-refractivity contribution in [3.8, 4) is 5.75 Å². The molecule has 0 radical (unpaired) electrons. The fourth-order valence-corrected chi connectivity index (χ4v) is 2.72. The van der Waals surface area contributed by atoms with Gasteiger partial charge in [0, 0.05) is 6.04 Å². The summed E-state index contributed by atoms with van der Waals surface area (Å²) in [6, 6.07) is 6.56. The summed E-state index contributed by atoms with van der Waals surface area (Å²) in [4.78, 5) is 2.55. The maximum atomic E-state index is 5.94. The molecule has 0 fully saturated rings. The summed E-state index contributed by atoms with van der Waals surface area (Å²) >= 11 is 0. The molecule has 0 bridgehead atoms. The Hall–Kier alpha value is -1.22. The SMILES string of the molecule is CCCN(CCC)C1COc2c(N)cccc2C1. The van der Waals surface area contributed by atoms with Crippen LogP contribution in [0.1, 0.15) is 32.3 Å². The van der Waals surface area contributed by atoms with Crippen LogP contribution < -0.4 is 10.5 Å². The first-order valence-electron chi connectivity index (χ1n) is 7.00. The normalized spacial score (nSPS) is 18.5. The summed E-state index contributed by atoms with van der Waals surface area (Å²) in [6.07, 6.45) is 3.45. The third kappa shape index (κ3) is 2.78. The molecular weight excluding hydrogens is 224 g/mol. The van der Waals surface area contributed by atoms with E-state index in [0.717, 1.165) is 37.6 Å². The second-order valence-electron chi connectivity index (χ2n) is 5.04. The first kappa shape index (κ1) is 13.2. The number of hydrogen-bond acceptors (Lipinski definition) is 3. The minimum absolute atomic E-state index is 0.499. The van der Waals surface area contributed by atoms with Crippen LogP contribution in [0, 0.1) is 0 Å². The van der Waals surface area contributed by atoms with Crippen LogP contribution in [-0.2, 0) is 6.42 Å². The van der Waals surface area contributed by atoms with Gasteiger partial charge in [0.2, 0.25) is 0 Å². The summed E-state index contributed by atoms with van der Waals surface area (Å²) in [7, 11) is 0. The van der Waals surface area contributed by atoms with Crippen molar-refractivity contribution in [2.45, 2.75) is 39.2 Å². The van der Waals surface area contributed by atoms with Crippen LogP contribution in [0.3, 0.4) is 0 Å². The molecule has 0 saturated carbocycles. The van der Waals surface area contributed by atoms with Crippen LogP contribution in [0.2, 0.25) is 0 Å². The molecule has 1 aliphatic rings. The van der Waals surface area contributed by atoms with E-state index in [1.54, 1.807) is 0 Å². The van der Waals surface area contributed by atoms with Crippen molar-refractivity contribution < 1.29 is 4.74 Å². The molecule has 1 aliphatic heterocycles. The monoisotopic (exact) mass is 248 g/mol. The van der Waals surface area contributed by atoms with Gasteiger partial charge in [0.25, 0.3) is 0 Å². The van der Waals surface area contributed by atoms with Gasteiger partial charge in [0.05, 0.1) is 5.69 Å². The zero-order valence-electron chi connectivity index (χ0n) is 11.5. The predicted molar refractivity (Wildman–Crippen MR) is 76.0 cm³/mol. The lowest BCUT2D eigenvalue weighted by atomic mass is 10.00. The van der Waals surface area contributed by atoms with Gasteiger partial charge < -0.3 is 10.5 Å². The number of nitrogens with two attached hydrogens (primary N) is 1. The largest absolute Gasteiger partial charge is 0.489 e. The highest BCUT2D eigenvalue weighted by atomic mass is 16.5. The Bertz CT molecular complexity index is 386. The third-order valence-corrected chi connectivity index (χ3v) is 3.54. The lowest BCUT2D eigenvalue weighted by Gasteiger charge is -2.35. The second kappa shape index (κ2) is 6.10. The molecule has 1 aromatic carbocycles. The number of hydrogen-bond donors (Lipinski definition) is 1. The highest BCUT2D eigenvalue weighted by molar-refractivity contribution is 5.57. The maximum absolute atomic E-state index is 5.94. The van der Waals surface area contributed by atoms with Crippen LogP contribution in [0.5, 0.6) is 5.75 Å². The lowest BCUT2D eigenvalue weighted by Crippen LogP contribution is -2.44. The van der Waals surface area contributed by atoms with E-state index in [2.05, 4.69) is 24.8 Å². The van der Waals surface area contributed by atoms with E-state index >= 15 is 0 Å². The van der Waals surface area contributed by atoms with Gasteiger partial charge in [-0.3, -0.25) is 4.90 Å². The average molecular weight is 248 g/mol. The van der Waals surface area contributed by atoms with Gasteiger partial charge in [-0.1, -0.05) is 26.0 Å². The topological polar surface area (TPSA) is 38.5 Å². The third-order valence-electron chi connectivity index (χ3n) is 3.54. The van der Waals surface area contributed by atoms with Gasteiger partial charge >= 0.3 is 0 Å². The molecule has 18 heavy (non-hydrogen) atoms. The summed E-state index contributed by atoms with van der Waals surface area (Å²) in [6.45, 7) is 7.54. The number of para-hydroxylation sites is 1. The van der Waals surface area contributed by atoms with Crippen molar-refractivity contribution in [3.05, 3.63) is 23.8 Å². The highest BCUT2D eigenvalue weighted by Crippen LogP contribution is 2.32. The number of rotatable bonds is 5. The van der Waals surface area contributed by atoms with Crippen molar-refractivity contribution in [1.82, 2.24) is 4.90 Å². The van der Waals surface area contributed by atoms with E-state index in [9.17, 15) is 0 Å². The number of benzene rings is 1. The quantitative estimate of drug-likeness (QED) is 0.814. The summed E-state index contributed by atoms with van der Waals surface area (Å²) in [5, 5.41) is 0. The zero-order valence-corrected chi connectivity index (χ0v) is 11.5. The Balaban J connectivity index is 2.10. The number of anilines is 1. The molecule has 1 unspecified atom stereocenters. The van der Waals surface area contributed by atoms with Gasteiger partial charge in [-0.05, 0) is 44.0 Å². The minimum Gasteiger partial charge on any atom is -0.489 e. The first-order chi connectivity index (χ1) is 8.76. The molecule has 0 amide bonds. The molecule has 0 spiro atoms. The smallest absolute Gasteiger partial charge is 0.145 e. The van der Waals surface area contributed by atoms with E-state index in [1.165, 1.54) is 18.4 Å². The standard InChI is InChI=1S/C15H24N2O/c1-3-8-17(9-4-2)13-10-12-6-5-7-14(16)15(12)18-11-13/h5-7,13H,3-4,8-11,16H2,1-2H3. The van der Waals surface area contributed by atoms with Crippen molar-refractivity contribution in [1.29, 1.82) is 0 Å². The molecule has 0 aromatic heterocycles. The van der Waals surface area contributed by atoms with Crippen molar-refractivity contribution in [3.63, 3.8) is 0 Å². The van der Waals surface area contributed by atoms with Gasteiger partial charge in [-0.2, -0.15) is 0 Å². The molecule has 3 nitrogen and oxygen atoms in total. The van der Waals surface area contributed by atoms with Gasteiger partial charge in [0.15, 0.2) is 0 Å². The number of nitrogen functional groups attached to an aromatic ring is 1. The fourth-order valence-electron chi connectivity index (χ4n) is 2.72. The molecule has 1 atom stereocenters. The molecule has 2 N–H and O–H groups in total. The number of fused-ring (bicyclic) bond motifs is 1. The molecule has 100 valence electrons. The van der Waals surface area contributed by atoms with Crippen LogP contribution in [0.4, 0.5) is 5.69 Å². The maximum Gasteiger partial charge on any atom is 0.145 e.